The van der Waals surface area contributed by atoms with Crippen LogP contribution in [-0.2, 0) is 10.3 Å². The molecule has 3 amide bonds. The summed E-state index contributed by atoms with van der Waals surface area (Å²) in [4.78, 5) is 25.9. The maximum absolute atomic E-state index is 12.7. The minimum Gasteiger partial charge on any atom is -0.496 e. The van der Waals surface area contributed by atoms with Crippen molar-refractivity contribution in [3.63, 3.8) is 0 Å². The number of nitrogens with two attached hydrogens (primary N) is 1. The highest BCUT2D eigenvalue weighted by molar-refractivity contribution is 6.07. The van der Waals surface area contributed by atoms with Gasteiger partial charge in [0.25, 0.3) is 5.91 Å². The highest BCUT2D eigenvalue weighted by Gasteiger charge is 2.50. The Labute approximate surface area is 124 Å². The Morgan fingerprint density at radius 1 is 1.38 bits per heavy atom. The van der Waals surface area contributed by atoms with Gasteiger partial charge in [-0.1, -0.05) is 13.0 Å². The maximum atomic E-state index is 12.7. The van der Waals surface area contributed by atoms with Gasteiger partial charge in [0, 0.05) is 13.1 Å². The summed E-state index contributed by atoms with van der Waals surface area (Å²) >= 11 is 0. The maximum Gasteiger partial charge on any atom is 0.325 e. The Kier molecular flexibility index (Phi) is 4.18. The summed E-state index contributed by atoms with van der Waals surface area (Å²) in [6.07, 6.45) is 0.477. The summed E-state index contributed by atoms with van der Waals surface area (Å²) in [5.74, 6) is 0.505. The quantitative estimate of drug-likeness (QED) is 0.796. The van der Waals surface area contributed by atoms with Gasteiger partial charge in [0.15, 0.2) is 0 Å². The van der Waals surface area contributed by atoms with E-state index >= 15 is 0 Å². The Balaban J connectivity index is 2.45. The Hall–Kier alpha value is -2.08. The van der Waals surface area contributed by atoms with E-state index in [9.17, 15) is 9.59 Å². The van der Waals surface area contributed by atoms with Crippen LogP contribution in [0, 0.1) is 6.92 Å². The molecule has 1 atom stereocenters. The van der Waals surface area contributed by atoms with Crippen molar-refractivity contribution in [1.82, 2.24) is 10.2 Å². The van der Waals surface area contributed by atoms with E-state index in [4.69, 9.17) is 10.5 Å². The SMILES string of the molecule is CCC1(c2ccc(OC)c(C)c2)NC(=O)N(CCN)C1=O. The second kappa shape index (κ2) is 5.73. The lowest BCUT2D eigenvalue weighted by atomic mass is 9.86. The lowest BCUT2D eigenvalue weighted by Gasteiger charge is -2.26. The highest BCUT2D eigenvalue weighted by atomic mass is 16.5. The third-order valence-electron chi connectivity index (χ3n) is 3.95. The molecule has 2 rings (SSSR count). The van der Waals surface area contributed by atoms with Crippen molar-refractivity contribution in [2.45, 2.75) is 25.8 Å². The molecule has 1 aromatic carbocycles. The van der Waals surface area contributed by atoms with Crippen molar-refractivity contribution in [3.8, 4) is 5.75 Å². The molecule has 0 spiro atoms. The van der Waals surface area contributed by atoms with Crippen LogP contribution in [0.2, 0.25) is 0 Å². The van der Waals surface area contributed by atoms with E-state index in [2.05, 4.69) is 5.32 Å². The topological polar surface area (TPSA) is 84.7 Å². The van der Waals surface area contributed by atoms with Crippen molar-refractivity contribution in [1.29, 1.82) is 0 Å². The number of aryl methyl sites for hydroxylation is 1. The number of rotatable bonds is 5. The second-order valence-electron chi connectivity index (χ2n) is 5.12. The average molecular weight is 291 g/mol. The van der Waals surface area contributed by atoms with Gasteiger partial charge in [-0.05, 0) is 36.6 Å². The zero-order valence-electron chi connectivity index (χ0n) is 12.6. The van der Waals surface area contributed by atoms with Crippen molar-refractivity contribution in [2.24, 2.45) is 5.73 Å². The molecular weight excluding hydrogens is 270 g/mol. The average Bonchev–Trinajstić information content (AvgIpc) is 2.72. The van der Waals surface area contributed by atoms with E-state index in [1.165, 1.54) is 4.90 Å². The molecule has 0 bridgehead atoms. The molecule has 3 N–H and O–H groups in total. The summed E-state index contributed by atoms with van der Waals surface area (Å²) in [6.45, 7) is 4.26. The van der Waals surface area contributed by atoms with E-state index in [1.54, 1.807) is 7.11 Å². The van der Waals surface area contributed by atoms with E-state index in [-0.39, 0.29) is 25.0 Å². The number of carbonyl (C=O) groups is 2. The molecule has 1 heterocycles. The van der Waals surface area contributed by atoms with Crippen molar-refractivity contribution in [3.05, 3.63) is 29.3 Å². The predicted molar refractivity (Wildman–Crippen MR) is 79.0 cm³/mol. The molecule has 0 saturated carbocycles. The molecule has 1 aromatic rings. The molecule has 1 unspecified atom stereocenters. The second-order valence-corrected chi connectivity index (χ2v) is 5.12. The van der Waals surface area contributed by atoms with Crippen LogP contribution in [0.4, 0.5) is 4.79 Å². The van der Waals surface area contributed by atoms with Crippen LogP contribution < -0.4 is 15.8 Å². The highest BCUT2D eigenvalue weighted by Crippen LogP contribution is 2.34. The first-order valence-electron chi connectivity index (χ1n) is 6.99. The first-order chi connectivity index (χ1) is 10.00. The fourth-order valence-corrected chi connectivity index (χ4v) is 2.74. The molecule has 1 aliphatic rings. The Bertz CT molecular complexity index is 573. The number of nitrogens with one attached hydrogen (secondary N) is 1. The van der Waals surface area contributed by atoms with Crippen molar-refractivity contribution >= 4 is 11.9 Å². The van der Waals surface area contributed by atoms with Crippen LogP contribution >= 0.6 is 0 Å². The number of imide groups is 1. The third kappa shape index (κ3) is 2.35. The Morgan fingerprint density at radius 2 is 2.10 bits per heavy atom. The normalized spacial score (nSPS) is 21.6. The lowest BCUT2D eigenvalue weighted by Crippen LogP contribution is -2.43. The summed E-state index contributed by atoms with van der Waals surface area (Å²) in [6, 6.07) is 5.12. The summed E-state index contributed by atoms with van der Waals surface area (Å²) in [5.41, 5.74) is 6.15. The smallest absolute Gasteiger partial charge is 0.325 e. The Morgan fingerprint density at radius 3 is 2.62 bits per heavy atom. The van der Waals surface area contributed by atoms with Crippen molar-refractivity contribution in [2.75, 3.05) is 20.2 Å². The van der Waals surface area contributed by atoms with Gasteiger partial charge < -0.3 is 15.8 Å². The summed E-state index contributed by atoms with van der Waals surface area (Å²) < 4.78 is 5.24. The van der Waals surface area contributed by atoms with E-state index in [1.807, 2.05) is 32.0 Å². The lowest BCUT2D eigenvalue weighted by molar-refractivity contribution is -0.131. The van der Waals surface area contributed by atoms with E-state index in [0.29, 0.717) is 6.42 Å². The van der Waals surface area contributed by atoms with Gasteiger partial charge in [0.05, 0.1) is 7.11 Å². The zero-order chi connectivity index (χ0) is 15.6. The predicted octanol–water partition coefficient (Wildman–Crippen LogP) is 1.12. The third-order valence-corrected chi connectivity index (χ3v) is 3.95. The number of nitrogens with zero attached hydrogens (tertiary/aromatic N) is 1. The number of carbonyl (C=O) groups excluding carboxylic acids is 2. The van der Waals surface area contributed by atoms with Crippen LogP contribution in [0.3, 0.4) is 0 Å². The molecule has 1 aliphatic heterocycles. The molecule has 0 radical (unpaired) electrons. The van der Waals surface area contributed by atoms with Crippen molar-refractivity contribution < 1.29 is 14.3 Å². The molecule has 0 aliphatic carbocycles. The largest absolute Gasteiger partial charge is 0.496 e. The molecular formula is C15H21N3O3. The zero-order valence-corrected chi connectivity index (χ0v) is 12.6. The van der Waals surface area contributed by atoms with Crippen LogP contribution in [0.25, 0.3) is 0 Å². The first-order valence-corrected chi connectivity index (χ1v) is 6.99. The minimum atomic E-state index is -1.01. The van der Waals surface area contributed by atoms with Gasteiger partial charge >= 0.3 is 6.03 Å². The number of benzene rings is 1. The van der Waals surface area contributed by atoms with E-state index < -0.39 is 5.54 Å². The molecule has 21 heavy (non-hydrogen) atoms. The molecule has 1 fully saturated rings. The fraction of sp³-hybridized carbons (Fsp3) is 0.467. The van der Waals surface area contributed by atoms with Crippen LogP contribution in [0.5, 0.6) is 5.75 Å². The van der Waals surface area contributed by atoms with Crippen LogP contribution in [-0.4, -0.2) is 37.0 Å². The fourth-order valence-electron chi connectivity index (χ4n) is 2.74. The number of urea groups is 1. The van der Waals surface area contributed by atoms with Gasteiger partial charge in [0.1, 0.15) is 11.3 Å². The van der Waals surface area contributed by atoms with Crippen LogP contribution in [0.1, 0.15) is 24.5 Å². The minimum absolute atomic E-state index is 0.224. The van der Waals surface area contributed by atoms with Gasteiger partial charge in [0.2, 0.25) is 0 Å². The van der Waals surface area contributed by atoms with Gasteiger partial charge in [-0.3, -0.25) is 9.69 Å². The van der Waals surface area contributed by atoms with Gasteiger partial charge in [-0.25, -0.2) is 4.79 Å². The summed E-state index contributed by atoms with van der Waals surface area (Å²) in [7, 11) is 1.60. The molecule has 114 valence electrons. The van der Waals surface area contributed by atoms with Crippen LogP contribution in [0.15, 0.2) is 18.2 Å². The molecule has 6 nitrogen and oxygen atoms in total. The van der Waals surface area contributed by atoms with Gasteiger partial charge in [-0.15, -0.1) is 0 Å². The number of hydrogen-bond acceptors (Lipinski definition) is 4. The number of methoxy groups -OCH3 is 1. The van der Waals surface area contributed by atoms with E-state index in [0.717, 1.165) is 16.9 Å². The monoisotopic (exact) mass is 291 g/mol. The number of amides is 3. The molecule has 1 saturated heterocycles. The number of ether oxygens (including phenoxy) is 1. The first kappa shape index (κ1) is 15.3. The standard InChI is InChI=1S/C15H21N3O3/c1-4-15(11-5-6-12(21-3)10(2)9-11)13(19)18(8-7-16)14(20)17-15/h5-6,9H,4,7-8,16H2,1-3H3,(H,17,20). The molecule has 6 heteroatoms. The summed E-state index contributed by atoms with van der Waals surface area (Å²) in [5, 5.41) is 2.82. The van der Waals surface area contributed by atoms with Gasteiger partial charge in [-0.2, -0.15) is 0 Å². The number of hydrogen-bond donors (Lipinski definition) is 2. The molecule has 0 aromatic heterocycles.